The minimum absolute atomic E-state index is 0.171. The number of benzene rings is 1. The Morgan fingerprint density at radius 1 is 1.11 bits per heavy atom. The molecule has 2 nitrogen and oxygen atoms in total. The Labute approximate surface area is 118 Å². The molecule has 2 N–H and O–H groups in total. The van der Waals surface area contributed by atoms with Gasteiger partial charge in [-0.2, -0.15) is 0 Å². The van der Waals surface area contributed by atoms with Gasteiger partial charge in [0, 0.05) is 12.6 Å². The predicted molar refractivity (Wildman–Crippen MR) is 82.4 cm³/mol. The molecule has 0 fully saturated rings. The fraction of sp³-hybridized carbons (Fsp3) is 0.647. The molecule has 1 aromatic rings. The molecule has 0 aliphatic rings. The lowest BCUT2D eigenvalue weighted by Crippen LogP contribution is -2.31. The zero-order valence-corrected chi connectivity index (χ0v) is 13.2. The van der Waals surface area contributed by atoms with E-state index in [1.165, 1.54) is 16.7 Å². The highest BCUT2D eigenvalue weighted by Gasteiger charge is 2.17. The normalized spacial score (nSPS) is 15.3. The van der Waals surface area contributed by atoms with Crippen LogP contribution in [0.4, 0.5) is 0 Å². The first-order valence-corrected chi connectivity index (χ1v) is 7.17. The van der Waals surface area contributed by atoms with Crippen molar-refractivity contribution in [1.82, 2.24) is 5.32 Å². The van der Waals surface area contributed by atoms with Crippen molar-refractivity contribution in [2.75, 3.05) is 6.54 Å². The summed E-state index contributed by atoms with van der Waals surface area (Å²) in [5.74, 6) is 0. The summed E-state index contributed by atoms with van der Waals surface area (Å²) in [7, 11) is 0. The molecular formula is C17H29NO. The first-order valence-electron chi connectivity index (χ1n) is 7.17. The number of hydrogen-bond acceptors (Lipinski definition) is 2. The van der Waals surface area contributed by atoms with Crippen LogP contribution in [0.2, 0.25) is 0 Å². The molecule has 0 saturated carbocycles. The van der Waals surface area contributed by atoms with Gasteiger partial charge in [-0.15, -0.1) is 0 Å². The number of aryl methyl sites for hydroxylation is 2. The molecule has 0 saturated heterocycles. The predicted octanol–water partition coefficient (Wildman–Crippen LogP) is 3.75. The standard InChI is InChI=1S/C17H29NO/c1-12-7-13(2)9-15(8-12)14(3)18-11-16(19)10-17(4,5)6/h7-9,14,16,18-19H,10-11H2,1-6H3. The Morgan fingerprint density at radius 2 is 1.63 bits per heavy atom. The molecule has 2 unspecified atom stereocenters. The van der Waals surface area contributed by atoms with Crippen LogP contribution < -0.4 is 5.32 Å². The van der Waals surface area contributed by atoms with E-state index in [1.807, 2.05) is 0 Å². The van der Waals surface area contributed by atoms with Crippen molar-refractivity contribution in [3.05, 3.63) is 34.9 Å². The van der Waals surface area contributed by atoms with Crippen molar-refractivity contribution in [2.45, 2.75) is 60.1 Å². The molecule has 0 heterocycles. The van der Waals surface area contributed by atoms with Crippen molar-refractivity contribution in [1.29, 1.82) is 0 Å². The molecule has 108 valence electrons. The summed E-state index contributed by atoms with van der Waals surface area (Å²) in [6, 6.07) is 6.87. The van der Waals surface area contributed by atoms with E-state index in [1.54, 1.807) is 0 Å². The van der Waals surface area contributed by atoms with Crippen LogP contribution >= 0.6 is 0 Å². The maximum absolute atomic E-state index is 10.0. The maximum Gasteiger partial charge on any atom is 0.0669 e. The van der Waals surface area contributed by atoms with E-state index in [4.69, 9.17) is 0 Å². The SMILES string of the molecule is Cc1cc(C)cc(C(C)NCC(O)CC(C)(C)C)c1. The van der Waals surface area contributed by atoms with Crippen LogP contribution in [0, 0.1) is 19.3 Å². The zero-order chi connectivity index (χ0) is 14.6. The van der Waals surface area contributed by atoms with Gasteiger partial charge in [-0.1, -0.05) is 50.1 Å². The van der Waals surface area contributed by atoms with E-state index in [2.05, 4.69) is 65.1 Å². The number of aliphatic hydroxyl groups is 1. The van der Waals surface area contributed by atoms with Crippen LogP contribution in [-0.4, -0.2) is 17.8 Å². The monoisotopic (exact) mass is 263 g/mol. The molecule has 0 aliphatic carbocycles. The van der Waals surface area contributed by atoms with Gasteiger partial charge in [0.05, 0.1) is 6.10 Å². The number of aliphatic hydroxyl groups excluding tert-OH is 1. The Kier molecular flexibility index (Phi) is 5.57. The molecule has 0 radical (unpaired) electrons. The molecular weight excluding hydrogens is 234 g/mol. The van der Waals surface area contributed by atoms with Crippen molar-refractivity contribution >= 4 is 0 Å². The second-order valence-corrected chi connectivity index (χ2v) is 6.97. The molecule has 2 heteroatoms. The van der Waals surface area contributed by atoms with Gasteiger partial charge >= 0.3 is 0 Å². The zero-order valence-electron chi connectivity index (χ0n) is 13.2. The fourth-order valence-electron chi connectivity index (χ4n) is 2.47. The van der Waals surface area contributed by atoms with Gasteiger partial charge in [0.15, 0.2) is 0 Å². The first-order chi connectivity index (χ1) is 8.67. The number of rotatable bonds is 5. The second kappa shape index (κ2) is 6.53. The van der Waals surface area contributed by atoms with Crippen molar-refractivity contribution in [3.8, 4) is 0 Å². The maximum atomic E-state index is 10.0. The highest BCUT2D eigenvalue weighted by Crippen LogP contribution is 2.21. The van der Waals surface area contributed by atoms with Gasteiger partial charge in [-0.05, 0) is 38.2 Å². The fourth-order valence-corrected chi connectivity index (χ4v) is 2.47. The van der Waals surface area contributed by atoms with Gasteiger partial charge in [0.25, 0.3) is 0 Å². The van der Waals surface area contributed by atoms with Gasteiger partial charge in [0.2, 0.25) is 0 Å². The molecule has 0 spiro atoms. The third-order valence-corrected chi connectivity index (χ3v) is 3.25. The molecule has 2 atom stereocenters. The molecule has 19 heavy (non-hydrogen) atoms. The largest absolute Gasteiger partial charge is 0.392 e. The van der Waals surface area contributed by atoms with E-state index in [0.717, 1.165) is 6.42 Å². The molecule has 0 bridgehead atoms. The van der Waals surface area contributed by atoms with E-state index >= 15 is 0 Å². The van der Waals surface area contributed by atoms with Crippen LogP contribution in [0.1, 0.15) is 56.8 Å². The summed E-state index contributed by atoms with van der Waals surface area (Å²) in [4.78, 5) is 0. The molecule has 0 aliphatic heterocycles. The molecule has 0 aromatic heterocycles. The third kappa shape index (κ3) is 6.22. The van der Waals surface area contributed by atoms with Crippen molar-refractivity contribution in [3.63, 3.8) is 0 Å². The lowest BCUT2D eigenvalue weighted by Gasteiger charge is -2.24. The topological polar surface area (TPSA) is 32.3 Å². The van der Waals surface area contributed by atoms with Crippen LogP contribution in [0.3, 0.4) is 0 Å². The summed E-state index contributed by atoms with van der Waals surface area (Å²) in [6.45, 7) is 13.5. The van der Waals surface area contributed by atoms with Gasteiger partial charge in [-0.3, -0.25) is 0 Å². The summed E-state index contributed by atoms with van der Waals surface area (Å²) < 4.78 is 0. The van der Waals surface area contributed by atoms with Crippen LogP contribution in [0.25, 0.3) is 0 Å². The molecule has 0 amide bonds. The van der Waals surface area contributed by atoms with E-state index in [0.29, 0.717) is 6.54 Å². The minimum Gasteiger partial charge on any atom is -0.392 e. The van der Waals surface area contributed by atoms with Crippen molar-refractivity contribution in [2.24, 2.45) is 5.41 Å². The van der Waals surface area contributed by atoms with E-state index in [-0.39, 0.29) is 17.6 Å². The van der Waals surface area contributed by atoms with Gasteiger partial charge in [-0.25, -0.2) is 0 Å². The Balaban J connectivity index is 2.53. The summed E-state index contributed by atoms with van der Waals surface area (Å²) in [6.07, 6.45) is 0.535. The Bertz CT molecular complexity index is 386. The van der Waals surface area contributed by atoms with Crippen LogP contribution in [0.5, 0.6) is 0 Å². The Morgan fingerprint density at radius 3 is 2.11 bits per heavy atom. The smallest absolute Gasteiger partial charge is 0.0669 e. The average Bonchev–Trinajstić information content (AvgIpc) is 2.22. The lowest BCUT2D eigenvalue weighted by atomic mass is 9.89. The number of nitrogens with one attached hydrogen (secondary N) is 1. The highest BCUT2D eigenvalue weighted by molar-refractivity contribution is 5.30. The summed E-state index contributed by atoms with van der Waals surface area (Å²) >= 11 is 0. The van der Waals surface area contributed by atoms with Crippen LogP contribution in [0.15, 0.2) is 18.2 Å². The molecule has 1 aromatic carbocycles. The first kappa shape index (κ1) is 16.2. The van der Waals surface area contributed by atoms with Crippen molar-refractivity contribution < 1.29 is 5.11 Å². The quantitative estimate of drug-likeness (QED) is 0.848. The Hall–Kier alpha value is -0.860. The minimum atomic E-state index is -0.284. The van der Waals surface area contributed by atoms with Crippen LogP contribution in [-0.2, 0) is 0 Å². The summed E-state index contributed by atoms with van der Waals surface area (Å²) in [5.41, 5.74) is 4.04. The molecule has 1 rings (SSSR count). The second-order valence-electron chi connectivity index (χ2n) is 6.97. The number of hydrogen-bond donors (Lipinski definition) is 2. The highest BCUT2D eigenvalue weighted by atomic mass is 16.3. The lowest BCUT2D eigenvalue weighted by molar-refractivity contribution is 0.117. The van der Waals surface area contributed by atoms with E-state index in [9.17, 15) is 5.11 Å². The van der Waals surface area contributed by atoms with Gasteiger partial charge < -0.3 is 10.4 Å². The summed E-state index contributed by atoms with van der Waals surface area (Å²) in [5, 5.41) is 13.5. The average molecular weight is 263 g/mol. The van der Waals surface area contributed by atoms with E-state index < -0.39 is 0 Å². The van der Waals surface area contributed by atoms with Gasteiger partial charge in [0.1, 0.15) is 0 Å². The third-order valence-electron chi connectivity index (χ3n) is 3.25.